The normalized spacial score (nSPS) is 10.5. The first-order chi connectivity index (χ1) is 10.1. The molecule has 5 nitrogen and oxygen atoms in total. The van der Waals surface area contributed by atoms with E-state index in [4.69, 9.17) is 9.52 Å². The Balaban J connectivity index is 1.83. The number of carboxylic acid groups (broad SMARTS) is 1. The van der Waals surface area contributed by atoms with Gasteiger partial charge in [0.2, 0.25) is 0 Å². The Morgan fingerprint density at radius 1 is 1.00 bits per heavy atom. The number of fused-ring (bicyclic) bond motifs is 1. The molecule has 0 saturated heterocycles. The highest BCUT2D eigenvalue weighted by Gasteiger charge is 2.14. The number of hydrogen-bond donors (Lipinski definition) is 2. The van der Waals surface area contributed by atoms with Crippen LogP contribution in [0.5, 0.6) is 0 Å². The molecule has 5 heteroatoms. The van der Waals surface area contributed by atoms with Crippen molar-refractivity contribution in [1.82, 2.24) is 0 Å². The average Bonchev–Trinajstić information content (AvgIpc) is 2.97. The van der Waals surface area contributed by atoms with E-state index in [9.17, 15) is 9.59 Å². The smallest absolute Gasteiger partial charge is 0.338 e. The number of rotatable bonds is 3. The molecule has 0 saturated carbocycles. The van der Waals surface area contributed by atoms with Gasteiger partial charge >= 0.3 is 5.97 Å². The summed E-state index contributed by atoms with van der Waals surface area (Å²) in [6.07, 6.45) is 1.04. The number of furan rings is 1. The van der Waals surface area contributed by atoms with Crippen molar-refractivity contribution < 1.29 is 19.1 Å². The predicted octanol–water partition coefficient (Wildman–Crippen LogP) is 3.38. The molecule has 2 aromatic carbocycles. The lowest BCUT2D eigenvalue weighted by atomic mass is 10.1. The topological polar surface area (TPSA) is 79.5 Å². The molecule has 0 unspecified atom stereocenters. The molecule has 0 bridgehead atoms. The van der Waals surface area contributed by atoms with Crippen LogP contribution in [0.4, 0.5) is 5.69 Å². The number of carbonyl (C=O) groups is 2. The highest BCUT2D eigenvalue weighted by atomic mass is 16.4. The van der Waals surface area contributed by atoms with E-state index in [2.05, 4.69) is 5.32 Å². The van der Waals surface area contributed by atoms with Crippen LogP contribution in [-0.2, 0) is 0 Å². The van der Waals surface area contributed by atoms with Gasteiger partial charge in [0, 0.05) is 11.8 Å². The van der Waals surface area contributed by atoms with Crippen molar-refractivity contribution in [2.24, 2.45) is 0 Å². The molecule has 0 aliphatic heterocycles. The minimum absolute atomic E-state index is 0.0411. The summed E-state index contributed by atoms with van der Waals surface area (Å²) in [6, 6.07) is 14.5. The van der Waals surface area contributed by atoms with Gasteiger partial charge in [-0.15, -0.1) is 0 Å². The van der Waals surface area contributed by atoms with E-state index in [-0.39, 0.29) is 11.3 Å². The van der Waals surface area contributed by atoms with Gasteiger partial charge in [-0.1, -0.05) is 30.3 Å². The number of benzene rings is 2. The lowest BCUT2D eigenvalue weighted by molar-refractivity contribution is 0.0696. The minimum Gasteiger partial charge on any atom is -0.478 e. The van der Waals surface area contributed by atoms with Crippen LogP contribution in [0, 0.1) is 0 Å². The fourth-order valence-corrected chi connectivity index (χ4v) is 2.03. The zero-order chi connectivity index (χ0) is 14.8. The molecular weight excluding hydrogens is 270 g/mol. The van der Waals surface area contributed by atoms with Crippen LogP contribution in [-0.4, -0.2) is 17.0 Å². The summed E-state index contributed by atoms with van der Waals surface area (Å²) in [5.74, 6) is -1.66. The molecule has 0 atom stereocenters. The summed E-state index contributed by atoms with van der Waals surface area (Å²) in [7, 11) is 0. The van der Waals surface area contributed by atoms with Crippen molar-refractivity contribution in [2.75, 3.05) is 5.32 Å². The zero-order valence-electron chi connectivity index (χ0n) is 10.9. The van der Waals surface area contributed by atoms with Crippen LogP contribution >= 0.6 is 0 Å². The number of amides is 1. The van der Waals surface area contributed by atoms with Gasteiger partial charge in [0.15, 0.2) is 5.76 Å². The summed E-state index contributed by atoms with van der Waals surface area (Å²) in [4.78, 5) is 22.7. The van der Waals surface area contributed by atoms with Gasteiger partial charge in [0.25, 0.3) is 5.91 Å². The highest BCUT2D eigenvalue weighted by molar-refractivity contribution is 6.04. The SMILES string of the molecule is O=C(O)c1coc(C(=O)Nc2ccc3ccccc3c2)c1. The number of nitrogens with one attached hydrogen (secondary N) is 1. The largest absolute Gasteiger partial charge is 0.478 e. The Morgan fingerprint density at radius 2 is 1.76 bits per heavy atom. The summed E-state index contributed by atoms with van der Waals surface area (Å²) >= 11 is 0. The van der Waals surface area contributed by atoms with E-state index in [1.807, 2.05) is 36.4 Å². The second kappa shape index (κ2) is 5.13. The highest BCUT2D eigenvalue weighted by Crippen LogP contribution is 2.19. The van der Waals surface area contributed by atoms with Gasteiger partial charge in [-0.25, -0.2) is 4.79 Å². The first-order valence-electron chi connectivity index (χ1n) is 6.25. The van der Waals surface area contributed by atoms with Gasteiger partial charge < -0.3 is 14.8 Å². The number of anilines is 1. The average molecular weight is 281 g/mol. The third kappa shape index (κ3) is 2.62. The Labute approximate surface area is 119 Å². The summed E-state index contributed by atoms with van der Waals surface area (Å²) in [5, 5.41) is 13.5. The number of hydrogen-bond acceptors (Lipinski definition) is 3. The van der Waals surface area contributed by atoms with Crippen LogP contribution in [0.1, 0.15) is 20.9 Å². The molecule has 0 aliphatic rings. The predicted molar refractivity (Wildman–Crippen MR) is 77.6 cm³/mol. The molecule has 1 aromatic heterocycles. The molecular formula is C16H11NO4. The van der Waals surface area contributed by atoms with Gasteiger partial charge in [0.05, 0.1) is 5.56 Å². The van der Waals surface area contributed by atoms with Gasteiger partial charge in [-0.05, 0) is 22.9 Å². The van der Waals surface area contributed by atoms with E-state index in [0.717, 1.165) is 17.0 Å². The lowest BCUT2D eigenvalue weighted by Crippen LogP contribution is -2.10. The molecule has 2 N–H and O–H groups in total. The Bertz CT molecular complexity index is 835. The quantitative estimate of drug-likeness (QED) is 0.771. The van der Waals surface area contributed by atoms with Crippen molar-refractivity contribution in [1.29, 1.82) is 0 Å². The zero-order valence-corrected chi connectivity index (χ0v) is 10.9. The molecule has 0 aliphatic carbocycles. The number of carboxylic acids is 1. The van der Waals surface area contributed by atoms with Gasteiger partial charge in [-0.2, -0.15) is 0 Å². The van der Waals surface area contributed by atoms with E-state index in [1.54, 1.807) is 6.07 Å². The van der Waals surface area contributed by atoms with Gasteiger partial charge in [-0.3, -0.25) is 4.79 Å². The Hall–Kier alpha value is -3.08. The first-order valence-corrected chi connectivity index (χ1v) is 6.25. The van der Waals surface area contributed by atoms with Crippen LogP contribution < -0.4 is 5.32 Å². The molecule has 3 rings (SSSR count). The fourth-order valence-electron chi connectivity index (χ4n) is 2.03. The third-order valence-electron chi connectivity index (χ3n) is 3.08. The monoisotopic (exact) mass is 281 g/mol. The van der Waals surface area contributed by atoms with Crippen molar-refractivity contribution in [2.45, 2.75) is 0 Å². The van der Waals surface area contributed by atoms with Crippen LogP contribution in [0.3, 0.4) is 0 Å². The van der Waals surface area contributed by atoms with Crippen LogP contribution in [0.15, 0.2) is 59.2 Å². The molecule has 3 aromatic rings. The molecule has 1 heterocycles. The van der Waals surface area contributed by atoms with Crippen molar-refractivity contribution in [3.05, 3.63) is 66.1 Å². The number of aromatic carboxylic acids is 1. The molecule has 0 spiro atoms. The van der Waals surface area contributed by atoms with Crippen molar-refractivity contribution >= 4 is 28.3 Å². The maximum Gasteiger partial charge on any atom is 0.338 e. The Kier molecular flexibility index (Phi) is 3.16. The minimum atomic E-state index is -1.14. The van der Waals surface area contributed by atoms with E-state index in [0.29, 0.717) is 5.69 Å². The first kappa shape index (κ1) is 12.9. The standard InChI is InChI=1S/C16H11NO4/c18-15(14-8-12(9-21-14)16(19)20)17-13-6-5-10-3-1-2-4-11(10)7-13/h1-9H,(H,17,18)(H,19,20). The number of carbonyl (C=O) groups excluding carboxylic acids is 1. The Morgan fingerprint density at radius 3 is 2.48 bits per heavy atom. The van der Waals surface area contributed by atoms with Crippen molar-refractivity contribution in [3.63, 3.8) is 0 Å². The third-order valence-corrected chi connectivity index (χ3v) is 3.08. The van der Waals surface area contributed by atoms with E-state index >= 15 is 0 Å². The summed E-state index contributed by atoms with van der Waals surface area (Å²) in [5.41, 5.74) is 0.561. The molecule has 21 heavy (non-hydrogen) atoms. The van der Waals surface area contributed by atoms with Crippen molar-refractivity contribution in [3.8, 4) is 0 Å². The lowest BCUT2D eigenvalue weighted by Gasteiger charge is -2.04. The maximum absolute atomic E-state index is 12.0. The summed E-state index contributed by atoms with van der Waals surface area (Å²) < 4.78 is 4.95. The van der Waals surface area contributed by atoms with E-state index < -0.39 is 11.9 Å². The van der Waals surface area contributed by atoms with Crippen LogP contribution in [0.25, 0.3) is 10.8 Å². The maximum atomic E-state index is 12.0. The van der Waals surface area contributed by atoms with E-state index in [1.165, 1.54) is 6.07 Å². The molecule has 0 fully saturated rings. The second-order valence-corrected chi connectivity index (χ2v) is 4.52. The molecule has 1 amide bonds. The van der Waals surface area contributed by atoms with Gasteiger partial charge in [0.1, 0.15) is 6.26 Å². The molecule has 104 valence electrons. The summed E-state index contributed by atoms with van der Waals surface area (Å²) in [6.45, 7) is 0. The fraction of sp³-hybridized carbons (Fsp3) is 0. The second-order valence-electron chi connectivity index (χ2n) is 4.52. The molecule has 0 radical (unpaired) electrons. The van der Waals surface area contributed by atoms with Crippen LogP contribution in [0.2, 0.25) is 0 Å².